The number of hydrogen-bond donors (Lipinski definition) is 2. The Bertz CT molecular complexity index is 467. The van der Waals surface area contributed by atoms with Gasteiger partial charge >= 0.3 is 0 Å². The second-order valence-electron chi connectivity index (χ2n) is 7.70. The van der Waals surface area contributed by atoms with Gasteiger partial charge in [-0.1, -0.05) is 11.6 Å². The number of amides is 1. The number of carbonyl (C=O) groups excluding carboxylic acids is 1. The molecule has 3 aliphatic heterocycles. The molecule has 3 atom stereocenters. The van der Waals surface area contributed by atoms with Crippen molar-refractivity contribution in [3.63, 3.8) is 0 Å². The summed E-state index contributed by atoms with van der Waals surface area (Å²) in [5.74, 6) is 0.360. The summed E-state index contributed by atoms with van der Waals surface area (Å²) in [7, 11) is 0. The standard InChI is InChI=1S/C18H31N3O2/c1-14(2)5-6-18(13-15-3-4-16(18)19-15)17(23)21-9-7-20(8-10-21)11-12-22/h5,15-16,19,22H,3-4,6-13H2,1-2H3/t15-,16+,18+/m1/s1. The maximum absolute atomic E-state index is 13.4. The summed E-state index contributed by atoms with van der Waals surface area (Å²) in [4.78, 5) is 17.7. The lowest BCUT2D eigenvalue weighted by atomic mass is 9.70. The molecular formula is C18H31N3O2. The zero-order chi connectivity index (χ0) is 16.4. The molecule has 0 spiro atoms. The Morgan fingerprint density at radius 3 is 2.52 bits per heavy atom. The van der Waals surface area contributed by atoms with E-state index in [0.29, 0.717) is 18.0 Å². The van der Waals surface area contributed by atoms with Gasteiger partial charge in [0.1, 0.15) is 0 Å². The van der Waals surface area contributed by atoms with Crippen molar-refractivity contribution >= 4 is 5.91 Å². The molecule has 5 heteroatoms. The van der Waals surface area contributed by atoms with Crippen LogP contribution in [-0.2, 0) is 4.79 Å². The van der Waals surface area contributed by atoms with E-state index >= 15 is 0 Å². The van der Waals surface area contributed by atoms with Crippen molar-refractivity contribution in [1.82, 2.24) is 15.1 Å². The highest BCUT2D eigenvalue weighted by Gasteiger charge is 2.56. The molecule has 0 radical (unpaired) electrons. The maximum atomic E-state index is 13.4. The molecule has 0 unspecified atom stereocenters. The van der Waals surface area contributed by atoms with E-state index in [4.69, 9.17) is 5.11 Å². The van der Waals surface area contributed by atoms with Crippen LogP contribution in [0.25, 0.3) is 0 Å². The van der Waals surface area contributed by atoms with Gasteiger partial charge in [-0.25, -0.2) is 0 Å². The van der Waals surface area contributed by atoms with Crippen LogP contribution in [0.4, 0.5) is 0 Å². The maximum Gasteiger partial charge on any atom is 0.230 e. The van der Waals surface area contributed by atoms with Crippen LogP contribution in [0.5, 0.6) is 0 Å². The third-order valence-electron chi connectivity index (χ3n) is 5.89. The van der Waals surface area contributed by atoms with E-state index < -0.39 is 0 Å². The summed E-state index contributed by atoms with van der Waals surface area (Å²) < 4.78 is 0. The molecule has 3 saturated heterocycles. The van der Waals surface area contributed by atoms with Gasteiger partial charge in [0.05, 0.1) is 12.0 Å². The lowest BCUT2D eigenvalue weighted by Gasteiger charge is -2.42. The minimum absolute atomic E-state index is 0.201. The molecule has 3 aliphatic rings. The minimum atomic E-state index is -0.223. The molecule has 3 heterocycles. The van der Waals surface area contributed by atoms with Crippen LogP contribution in [0, 0.1) is 5.41 Å². The normalized spacial score (nSPS) is 34.0. The third-order valence-corrected chi connectivity index (χ3v) is 5.89. The van der Waals surface area contributed by atoms with Gasteiger partial charge in [0, 0.05) is 44.8 Å². The van der Waals surface area contributed by atoms with E-state index in [2.05, 4.69) is 35.0 Å². The van der Waals surface area contributed by atoms with Crippen LogP contribution in [0.1, 0.15) is 39.5 Å². The molecule has 1 amide bonds. The molecule has 2 N–H and O–H groups in total. The number of hydrogen-bond acceptors (Lipinski definition) is 4. The lowest BCUT2D eigenvalue weighted by Crippen LogP contribution is -2.56. The predicted octanol–water partition coefficient (Wildman–Crippen LogP) is 0.990. The average molecular weight is 321 g/mol. The summed E-state index contributed by atoms with van der Waals surface area (Å²) in [6.45, 7) is 8.51. The molecule has 23 heavy (non-hydrogen) atoms. The van der Waals surface area contributed by atoms with E-state index in [1.54, 1.807) is 0 Å². The number of allylic oxidation sites excluding steroid dienone is 2. The Morgan fingerprint density at radius 2 is 2.00 bits per heavy atom. The molecule has 2 bridgehead atoms. The average Bonchev–Trinajstić information content (AvgIpc) is 3.15. The number of aliphatic hydroxyl groups excluding tert-OH is 1. The van der Waals surface area contributed by atoms with Crippen molar-refractivity contribution in [2.75, 3.05) is 39.3 Å². The number of nitrogens with zero attached hydrogens (tertiary/aromatic N) is 2. The Labute approximate surface area is 139 Å². The van der Waals surface area contributed by atoms with Gasteiger partial charge in [0.25, 0.3) is 0 Å². The van der Waals surface area contributed by atoms with Crippen molar-refractivity contribution < 1.29 is 9.90 Å². The van der Waals surface area contributed by atoms with Crippen LogP contribution in [0.3, 0.4) is 0 Å². The van der Waals surface area contributed by atoms with Gasteiger partial charge in [0.15, 0.2) is 0 Å². The quantitative estimate of drug-likeness (QED) is 0.742. The number of piperazine rings is 1. The lowest BCUT2D eigenvalue weighted by molar-refractivity contribution is -0.145. The molecule has 0 aromatic heterocycles. The largest absolute Gasteiger partial charge is 0.395 e. The van der Waals surface area contributed by atoms with Crippen molar-refractivity contribution in [2.45, 2.75) is 51.6 Å². The Balaban J connectivity index is 1.70. The Morgan fingerprint density at radius 1 is 1.26 bits per heavy atom. The van der Waals surface area contributed by atoms with Crippen molar-refractivity contribution in [1.29, 1.82) is 0 Å². The second kappa shape index (κ2) is 6.91. The summed E-state index contributed by atoms with van der Waals surface area (Å²) in [6, 6.07) is 0.885. The third kappa shape index (κ3) is 3.32. The van der Waals surface area contributed by atoms with Gasteiger partial charge in [0.2, 0.25) is 5.91 Å². The molecule has 0 saturated carbocycles. The number of carbonyl (C=O) groups is 1. The van der Waals surface area contributed by atoms with Crippen LogP contribution in [0.15, 0.2) is 11.6 Å². The molecule has 0 aromatic carbocycles. The smallest absolute Gasteiger partial charge is 0.230 e. The summed E-state index contributed by atoms with van der Waals surface area (Å²) >= 11 is 0. The minimum Gasteiger partial charge on any atom is -0.395 e. The van der Waals surface area contributed by atoms with Crippen LogP contribution in [0.2, 0.25) is 0 Å². The summed E-state index contributed by atoms with van der Waals surface area (Å²) in [5, 5.41) is 12.7. The van der Waals surface area contributed by atoms with Crippen LogP contribution < -0.4 is 5.32 Å². The van der Waals surface area contributed by atoms with E-state index in [1.807, 2.05) is 0 Å². The van der Waals surface area contributed by atoms with E-state index in [1.165, 1.54) is 12.0 Å². The van der Waals surface area contributed by atoms with Gasteiger partial charge < -0.3 is 15.3 Å². The Kier molecular flexibility index (Phi) is 5.09. The highest BCUT2D eigenvalue weighted by molar-refractivity contribution is 5.85. The highest BCUT2D eigenvalue weighted by Crippen LogP contribution is 2.47. The number of nitrogens with one attached hydrogen (secondary N) is 1. The highest BCUT2D eigenvalue weighted by atomic mass is 16.3. The van der Waals surface area contributed by atoms with E-state index in [9.17, 15) is 4.79 Å². The Hall–Kier alpha value is -0.910. The summed E-state index contributed by atoms with van der Waals surface area (Å²) in [6.07, 6.45) is 6.48. The van der Waals surface area contributed by atoms with Gasteiger partial charge in [-0.2, -0.15) is 0 Å². The predicted molar refractivity (Wildman–Crippen MR) is 91.1 cm³/mol. The zero-order valence-electron chi connectivity index (χ0n) is 14.6. The fourth-order valence-corrected chi connectivity index (χ4v) is 4.56. The molecule has 130 valence electrons. The van der Waals surface area contributed by atoms with Crippen molar-refractivity contribution in [3.8, 4) is 0 Å². The van der Waals surface area contributed by atoms with Gasteiger partial charge in [-0.15, -0.1) is 0 Å². The first-order chi connectivity index (χ1) is 11.0. The molecule has 3 rings (SSSR count). The fourth-order valence-electron chi connectivity index (χ4n) is 4.56. The number of aliphatic hydroxyl groups is 1. The van der Waals surface area contributed by atoms with E-state index in [-0.39, 0.29) is 12.0 Å². The number of fused-ring (bicyclic) bond motifs is 2. The molecular weight excluding hydrogens is 290 g/mol. The van der Waals surface area contributed by atoms with Gasteiger partial charge in [-0.3, -0.25) is 9.69 Å². The second-order valence-corrected chi connectivity index (χ2v) is 7.70. The fraction of sp³-hybridized carbons (Fsp3) is 0.833. The van der Waals surface area contributed by atoms with Crippen molar-refractivity contribution in [2.24, 2.45) is 5.41 Å². The first-order valence-electron chi connectivity index (χ1n) is 9.07. The molecule has 0 aliphatic carbocycles. The zero-order valence-corrected chi connectivity index (χ0v) is 14.6. The van der Waals surface area contributed by atoms with E-state index in [0.717, 1.165) is 52.0 Å². The van der Waals surface area contributed by atoms with Crippen LogP contribution >= 0.6 is 0 Å². The first kappa shape index (κ1) is 16.9. The number of rotatable bonds is 5. The van der Waals surface area contributed by atoms with Crippen molar-refractivity contribution in [3.05, 3.63) is 11.6 Å². The molecule has 5 nitrogen and oxygen atoms in total. The molecule has 0 aromatic rings. The summed E-state index contributed by atoms with van der Waals surface area (Å²) in [5.41, 5.74) is 1.08. The topological polar surface area (TPSA) is 55.8 Å². The monoisotopic (exact) mass is 321 g/mol. The van der Waals surface area contributed by atoms with Gasteiger partial charge in [-0.05, 0) is 39.5 Å². The molecule has 3 fully saturated rings. The number of β-amino-alcohol motifs (C(OH)–C–C–N with tert-alkyl or cyclic N) is 1. The van der Waals surface area contributed by atoms with Crippen LogP contribution in [-0.4, -0.2) is 72.2 Å². The first-order valence-corrected chi connectivity index (χ1v) is 9.07. The SMILES string of the molecule is CC(C)=CC[C@]1(C(=O)N2CCN(CCO)CC2)C[C@H]2CC[C@@H]1N2.